The molecular formula is C25H20O2P. The van der Waals surface area contributed by atoms with E-state index in [1.807, 2.05) is 0 Å². The predicted octanol–water partition coefficient (Wildman–Crippen LogP) is 8.55. The molecule has 0 atom stereocenters. The second-order valence-electron chi connectivity index (χ2n) is 7.53. The van der Waals surface area contributed by atoms with Crippen LogP contribution >= 0.6 is 8.01 Å². The fraction of sp³-hybridized carbons (Fsp3) is 0.160. The van der Waals surface area contributed by atoms with Gasteiger partial charge in [0.1, 0.15) is 11.2 Å². The molecule has 1 radical (unpaired) electrons. The zero-order chi connectivity index (χ0) is 18.5. The zero-order valence-electron chi connectivity index (χ0n) is 15.5. The van der Waals surface area contributed by atoms with Gasteiger partial charge in [0.25, 0.3) is 0 Å². The van der Waals surface area contributed by atoms with Gasteiger partial charge in [-0.05, 0) is 46.5 Å². The van der Waals surface area contributed by atoms with Gasteiger partial charge in [-0.25, -0.2) is 0 Å². The average Bonchev–Trinajstić information content (AvgIpc) is 3.22. The molecule has 0 saturated heterocycles. The summed E-state index contributed by atoms with van der Waals surface area (Å²) in [5.41, 5.74) is 3.33. The van der Waals surface area contributed by atoms with Gasteiger partial charge in [-0.1, -0.05) is 73.5 Å². The van der Waals surface area contributed by atoms with Gasteiger partial charge in [0.05, 0.1) is 5.66 Å². The van der Waals surface area contributed by atoms with Crippen LogP contribution in [-0.4, -0.2) is 0 Å². The van der Waals surface area contributed by atoms with Gasteiger partial charge in [-0.2, -0.15) is 0 Å². The Morgan fingerprint density at radius 3 is 1.61 bits per heavy atom. The largest absolute Gasteiger partial charge is 0.419 e. The van der Waals surface area contributed by atoms with Gasteiger partial charge in [0, 0.05) is 10.8 Å². The Hall–Kier alpha value is -2.70. The summed E-state index contributed by atoms with van der Waals surface area (Å²) in [5, 5.41) is 7.21. The summed E-state index contributed by atoms with van der Waals surface area (Å²) >= 11 is 0. The first-order chi connectivity index (χ1) is 13.9. The summed E-state index contributed by atoms with van der Waals surface area (Å²) < 4.78 is 13.2. The normalized spacial score (nSPS) is 15.1. The van der Waals surface area contributed by atoms with Crippen molar-refractivity contribution in [3.63, 3.8) is 0 Å². The minimum Gasteiger partial charge on any atom is -0.419 e. The van der Waals surface area contributed by atoms with Gasteiger partial charge >= 0.3 is 0 Å². The molecule has 1 aliphatic carbocycles. The standard InChI is InChI=1S/C25H20O2P/c1-5-11-20-17(7-1)13-15-22-24(20)25-21-12-6-2-8-18(21)14-16-23(25)27-28(26-22)19-9-3-4-10-19/h1-2,5-8,11-16H,3-4,9-10H2. The van der Waals surface area contributed by atoms with Crippen molar-refractivity contribution in [2.75, 3.05) is 0 Å². The van der Waals surface area contributed by atoms with Gasteiger partial charge in [-0.15, -0.1) is 0 Å². The maximum Gasteiger partial charge on any atom is 0.224 e. The summed E-state index contributed by atoms with van der Waals surface area (Å²) in [4.78, 5) is 0. The molecule has 1 saturated carbocycles. The highest BCUT2D eigenvalue weighted by Crippen LogP contribution is 2.51. The zero-order valence-corrected chi connectivity index (χ0v) is 16.4. The molecule has 2 nitrogen and oxygen atoms in total. The van der Waals surface area contributed by atoms with Gasteiger partial charge in [0.15, 0.2) is 0 Å². The highest BCUT2D eigenvalue weighted by Gasteiger charge is 2.23. The third kappa shape index (κ3) is 2.48. The molecule has 0 N–H and O–H groups in total. The Bertz CT molecular complexity index is 1280. The maximum atomic E-state index is 6.59. The Labute approximate surface area is 164 Å². The quantitative estimate of drug-likeness (QED) is 0.290. The number of hydrogen-bond donors (Lipinski definition) is 0. The topological polar surface area (TPSA) is 26.3 Å². The van der Waals surface area contributed by atoms with Crippen LogP contribution in [-0.2, 0) is 0 Å². The fourth-order valence-electron chi connectivity index (χ4n) is 4.46. The molecule has 28 heavy (non-hydrogen) atoms. The second kappa shape index (κ2) is 6.43. The monoisotopic (exact) mass is 383 g/mol. The maximum absolute atomic E-state index is 6.59. The molecule has 0 aliphatic heterocycles. The lowest BCUT2D eigenvalue weighted by Gasteiger charge is -2.05. The van der Waals surface area contributed by atoms with E-state index in [9.17, 15) is 0 Å². The van der Waals surface area contributed by atoms with E-state index in [2.05, 4.69) is 72.8 Å². The van der Waals surface area contributed by atoms with E-state index < -0.39 is 8.01 Å². The molecule has 0 unspecified atom stereocenters. The van der Waals surface area contributed by atoms with E-state index in [0.29, 0.717) is 0 Å². The van der Waals surface area contributed by atoms with E-state index in [0.717, 1.165) is 34.8 Å². The Balaban J connectivity index is 1.89. The van der Waals surface area contributed by atoms with Gasteiger partial charge in [0.2, 0.25) is 8.01 Å². The molecule has 4 aromatic carbocycles. The van der Waals surface area contributed by atoms with Crippen LogP contribution in [0.5, 0.6) is 0 Å². The van der Waals surface area contributed by atoms with Crippen LogP contribution in [0.15, 0.2) is 81.2 Å². The van der Waals surface area contributed by atoms with Crippen molar-refractivity contribution in [2.24, 2.45) is 0 Å². The van der Waals surface area contributed by atoms with E-state index in [4.69, 9.17) is 8.39 Å². The third-order valence-electron chi connectivity index (χ3n) is 5.83. The highest BCUT2D eigenvalue weighted by molar-refractivity contribution is 7.41. The Kier molecular flexibility index (Phi) is 3.74. The summed E-state index contributed by atoms with van der Waals surface area (Å²) in [7, 11) is -1.07. The van der Waals surface area contributed by atoms with Crippen molar-refractivity contribution in [3.8, 4) is 0 Å². The van der Waals surface area contributed by atoms with Crippen molar-refractivity contribution < 1.29 is 8.39 Å². The minimum absolute atomic E-state index is 0.944. The second-order valence-corrected chi connectivity index (χ2v) is 9.04. The van der Waals surface area contributed by atoms with Crippen molar-refractivity contribution >= 4 is 51.5 Å². The molecular weight excluding hydrogens is 363 g/mol. The van der Waals surface area contributed by atoms with E-state index >= 15 is 0 Å². The van der Waals surface area contributed by atoms with Crippen LogP contribution in [0, 0.1) is 5.66 Å². The van der Waals surface area contributed by atoms with Crippen molar-refractivity contribution in [1.82, 2.24) is 0 Å². The lowest BCUT2D eigenvalue weighted by atomic mass is 9.99. The molecule has 0 spiro atoms. The number of benzene rings is 4. The molecule has 5 aromatic rings. The molecule has 1 aliphatic rings. The highest BCUT2D eigenvalue weighted by atomic mass is 31.1. The molecule has 6 rings (SSSR count). The molecule has 137 valence electrons. The predicted molar refractivity (Wildman–Crippen MR) is 118 cm³/mol. The summed E-state index contributed by atoms with van der Waals surface area (Å²) in [6.45, 7) is 0. The smallest absolute Gasteiger partial charge is 0.224 e. The SMILES string of the molecule is c1ccc2c(c1)ccc1op([C]3CCCC3)oc3ccc4ccccc4c3c12. The number of fused-ring (bicyclic) bond motifs is 7. The van der Waals surface area contributed by atoms with Crippen molar-refractivity contribution in [2.45, 2.75) is 25.7 Å². The van der Waals surface area contributed by atoms with Crippen LogP contribution in [0.4, 0.5) is 0 Å². The lowest BCUT2D eigenvalue weighted by molar-refractivity contribution is 0.636. The van der Waals surface area contributed by atoms with E-state index in [-0.39, 0.29) is 0 Å². The first-order valence-electron chi connectivity index (χ1n) is 9.93. The summed E-state index contributed by atoms with van der Waals surface area (Å²) in [6, 6.07) is 25.7. The summed E-state index contributed by atoms with van der Waals surface area (Å²) in [5.74, 6) is 0. The van der Waals surface area contributed by atoms with E-state index in [1.165, 1.54) is 40.0 Å². The molecule has 0 amide bonds. The van der Waals surface area contributed by atoms with Crippen LogP contribution in [0.3, 0.4) is 0 Å². The third-order valence-corrected chi connectivity index (χ3v) is 7.52. The molecule has 0 bridgehead atoms. The van der Waals surface area contributed by atoms with Gasteiger partial charge in [-0.3, -0.25) is 0 Å². The van der Waals surface area contributed by atoms with Crippen molar-refractivity contribution in [3.05, 3.63) is 78.5 Å². The van der Waals surface area contributed by atoms with Crippen LogP contribution in [0.2, 0.25) is 0 Å². The first-order valence-corrected chi connectivity index (χ1v) is 11.1. The fourth-order valence-corrected chi connectivity index (χ4v) is 6.10. The molecule has 1 heterocycles. The lowest BCUT2D eigenvalue weighted by Crippen LogP contribution is -1.79. The molecule has 3 heteroatoms. The minimum atomic E-state index is -1.07. The van der Waals surface area contributed by atoms with Crippen molar-refractivity contribution in [1.29, 1.82) is 0 Å². The summed E-state index contributed by atoms with van der Waals surface area (Å²) in [6.07, 6.45) is 4.74. The molecule has 1 aromatic heterocycles. The Morgan fingerprint density at radius 2 is 1.07 bits per heavy atom. The average molecular weight is 383 g/mol. The number of rotatable bonds is 1. The number of hydrogen-bond acceptors (Lipinski definition) is 2. The van der Waals surface area contributed by atoms with Crippen LogP contribution in [0.1, 0.15) is 25.7 Å². The molecule has 1 fully saturated rings. The van der Waals surface area contributed by atoms with Crippen LogP contribution < -0.4 is 0 Å². The van der Waals surface area contributed by atoms with E-state index in [1.54, 1.807) is 0 Å². The first kappa shape index (κ1) is 16.3. The van der Waals surface area contributed by atoms with Crippen LogP contribution in [0.25, 0.3) is 43.5 Å². The Morgan fingerprint density at radius 1 is 0.571 bits per heavy atom. The van der Waals surface area contributed by atoms with Gasteiger partial charge < -0.3 is 8.39 Å².